The Balaban J connectivity index is 1.74. The Bertz CT molecular complexity index is 1100. The van der Waals surface area contributed by atoms with Gasteiger partial charge in [-0.15, -0.1) is 0 Å². The average molecular weight is 508 g/mol. The van der Waals surface area contributed by atoms with Crippen molar-refractivity contribution in [1.82, 2.24) is 0 Å². The van der Waals surface area contributed by atoms with E-state index in [9.17, 15) is 15.0 Å². The number of ether oxygens (including phenoxy) is 1. The highest BCUT2D eigenvalue weighted by molar-refractivity contribution is 14.1. The first kappa shape index (κ1) is 20.3. The fraction of sp³-hybridized carbons (Fsp3) is 0.318. The first-order valence-corrected chi connectivity index (χ1v) is 10.3. The molecule has 0 amide bonds. The van der Waals surface area contributed by atoms with Gasteiger partial charge in [0.1, 0.15) is 35.9 Å². The summed E-state index contributed by atoms with van der Waals surface area (Å²) in [6.07, 6.45) is -2.48. The van der Waals surface area contributed by atoms with Crippen molar-refractivity contribution < 1.29 is 29.3 Å². The lowest BCUT2D eigenvalue weighted by Gasteiger charge is -2.31. The number of carbonyl (C=O) groups excluding carboxylic acids is 1. The second kappa shape index (κ2) is 7.39. The lowest BCUT2D eigenvalue weighted by atomic mass is 9.72. The Morgan fingerprint density at radius 2 is 1.90 bits per heavy atom. The van der Waals surface area contributed by atoms with Gasteiger partial charge >= 0.3 is 0 Å². The highest BCUT2D eigenvalue weighted by Gasteiger charge is 2.41. The van der Waals surface area contributed by atoms with Crippen LogP contribution in [0.2, 0.25) is 0 Å². The predicted octanol–water partition coefficient (Wildman–Crippen LogP) is 3.00. The minimum absolute atomic E-state index is 0.0865. The lowest BCUT2D eigenvalue weighted by Crippen LogP contribution is -2.34. The van der Waals surface area contributed by atoms with Crippen molar-refractivity contribution >= 4 is 39.3 Å². The van der Waals surface area contributed by atoms with Crippen LogP contribution in [-0.2, 0) is 5.41 Å². The molecule has 0 saturated carbocycles. The van der Waals surface area contributed by atoms with Crippen molar-refractivity contribution in [2.45, 2.75) is 31.5 Å². The van der Waals surface area contributed by atoms with Crippen LogP contribution in [0.25, 0.3) is 11.0 Å². The molecule has 2 unspecified atom stereocenters. The number of aliphatic hydroxyl groups is 3. The summed E-state index contributed by atoms with van der Waals surface area (Å²) in [7, 11) is 0. The van der Waals surface area contributed by atoms with Crippen LogP contribution in [0.1, 0.15) is 41.1 Å². The normalized spacial score (nSPS) is 17.0. The number of rotatable bonds is 5. The maximum Gasteiger partial charge on any atom is 0.197 e. The second-order valence-corrected chi connectivity index (χ2v) is 8.98. The summed E-state index contributed by atoms with van der Waals surface area (Å²) < 4.78 is 12.7. The third-order valence-corrected chi connectivity index (χ3v) is 6.08. The van der Waals surface area contributed by atoms with Gasteiger partial charge in [-0.25, -0.2) is 0 Å². The third kappa shape index (κ3) is 3.35. The number of furan rings is 1. The smallest absolute Gasteiger partial charge is 0.197 e. The molecule has 3 N–H and O–H groups in total. The minimum Gasteiger partial charge on any atom is -0.491 e. The maximum absolute atomic E-state index is 13.3. The maximum atomic E-state index is 13.3. The largest absolute Gasteiger partial charge is 0.491 e. The van der Waals surface area contributed by atoms with Crippen LogP contribution < -0.4 is 4.74 Å². The van der Waals surface area contributed by atoms with Gasteiger partial charge in [0.25, 0.3) is 0 Å². The standard InChI is InChI=1S/C22H21IO6/c1-22(2)15-8-12(28-10-17(26)16(25)9-24)4-6-13(15)20(27)19-14-5-3-11(23)7-18(14)29-21(19)22/h3-8,16-17,24-26H,9-10H2,1-2H3. The van der Waals surface area contributed by atoms with E-state index in [0.29, 0.717) is 28.2 Å². The lowest BCUT2D eigenvalue weighted by molar-refractivity contribution is -0.0339. The van der Waals surface area contributed by atoms with Crippen LogP contribution in [0.3, 0.4) is 0 Å². The molecule has 3 aromatic rings. The Hall–Kier alpha value is -1.94. The van der Waals surface area contributed by atoms with Gasteiger partial charge in [-0.05, 0) is 78.4 Å². The van der Waals surface area contributed by atoms with E-state index in [0.717, 1.165) is 14.5 Å². The molecule has 6 nitrogen and oxygen atoms in total. The summed E-state index contributed by atoms with van der Waals surface area (Å²) in [4.78, 5) is 13.3. The van der Waals surface area contributed by atoms with Crippen LogP contribution in [0.4, 0.5) is 0 Å². The Kier molecular flexibility index (Phi) is 5.18. The summed E-state index contributed by atoms with van der Waals surface area (Å²) in [5.74, 6) is 0.999. The number of aliphatic hydroxyl groups excluding tert-OH is 3. The zero-order valence-corrected chi connectivity index (χ0v) is 18.1. The molecule has 1 aromatic heterocycles. The van der Waals surface area contributed by atoms with Crippen molar-refractivity contribution in [2.24, 2.45) is 0 Å². The van der Waals surface area contributed by atoms with E-state index in [4.69, 9.17) is 14.3 Å². The summed E-state index contributed by atoms with van der Waals surface area (Å²) in [6, 6.07) is 11.0. The first-order valence-electron chi connectivity index (χ1n) is 9.25. The molecule has 2 aromatic carbocycles. The van der Waals surface area contributed by atoms with Crippen LogP contribution in [-0.4, -0.2) is 46.5 Å². The molecule has 0 aliphatic heterocycles. The molecular formula is C22H21IO6. The molecule has 29 heavy (non-hydrogen) atoms. The van der Waals surface area contributed by atoms with Crippen molar-refractivity contribution in [1.29, 1.82) is 0 Å². The molecule has 0 saturated heterocycles. The average Bonchev–Trinajstić information content (AvgIpc) is 3.09. The summed E-state index contributed by atoms with van der Waals surface area (Å²) in [5, 5.41) is 29.0. The topological polar surface area (TPSA) is 100 Å². The second-order valence-electron chi connectivity index (χ2n) is 7.74. The summed E-state index contributed by atoms with van der Waals surface area (Å²) in [6.45, 7) is 3.27. The molecule has 4 rings (SSSR count). The van der Waals surface area contributed by atoms with E-state index in [1.54, 1.807) is 18.2 Å². The molecule has 1 aliphatic rings. The SMILES string of the molecule is CC1(C)c2cc(OCC(O)C(O)CO)ccc2C(=O)c2c1oc1cc(I)ccc21. The Morgan fingerprint density at radius 3 is 2.62 bits per heavy atom. The van der Waals surface area contributed by atoms with Gasteiger partial charge < -0.3 is 24.5 Å². The van der Waals surface area contributed by atoms with Gasteiger partial charge in [0.05, 0.1) is 12.2 Å². The molecule has 7 heteroatoms. The molecule has 152 valence electrons. The minimum atomic E-state index is -1.27. The fourth-order valence-electron chi connectivity index (χ4n) is 3.74. The zero-order valence-electron chi connectivity index (χ0n) is 16.0. The van der Waals surface area contributed by atoms with Crippen molar-refractivity contribution in [3.05, 3.63) is 62.4 Å². The van der Waals surface area contributed by atoms with E-state index < -0.39 is 24.2 Å². The van der Waals surface area contributed by atoms with Gasteiger partial charge in [-0.2, -0.15) is 0 Å². The van der Waals surface area contributed by atoms with E-state index in [-0.39, 0.29) is 12.4 Å². The van der Waals surface area contributed by atoms with Crippen molar-refractivity contribution in [3.63, 3.8) is 0 Å². The Labute approximate surface area is 181 Å². The Morgan fingerprint density at radius 1 is 1.14 bits per heavy atom. The van der Waals surface area contributed by atoms with E-state index in [1.807, 2.05) is 32.0 Å². The quantitative estimate of drug-likeness (QED) is 0.459. The van der Waals surface area contributed by atoms with Gasteiger partial charge in [-0.3, -0.25) is 4.79 Å². The van der Waals surface area contributed by atoms with Crippen LogP contribution in [0, 0.1) is 3.57 Å². The predicted molar refractivity (Wildman–Crippen MR) is 116 cm³/mol. The third-order valence-electron chi connectivity index (χ3n) is 5.41. The molecule has 0 radical (unpaired) electrons. The fourth-order valence-corrected chi connectivity index (χ4v) is 4.20. The zero-order chi connectivity index (χ0) is 20.9. The summed E-state index contributed by atoms with van der Waals surface area (Å²) >= 11 is 2.21. The molecule has 0 fully saturated rings. The molecular weight excluding hydrogens is 487 g/mol. The number of benzene rings is 2. The van der Waals surface area contributed by atoms with Gasteiger partial charge in [0.2, 0.25) is 0 Å². The molecule has 1 aliphatic carbocycles. The number of halogens is 1. The first-order chi connectivity index (χ1) is 13.7. The highest BCUT2D eigenvalue weighted by Crippen LogP contribution is 2.46. The number of carbonyl (C=O) groups is 1. The van der Waals surface area contributed by atoms with E-state index in [1.165, 1.54) is 0 Å². The number of ketones is 1. The highest BCUT2D eigenvalue weighted by atomic mass is 127. The van der Waals surface area contributed by atoms with E-state index >= 15 is 0 Å². The van der Waals surface area contributed by atoms with Gasteiger partial charge in [0.15, 0.2) is 5.78 Å². The van der Waals surface area contributed by atoms with Gasteiger partial charge in [-0.1, -0.05) is 0 Å². The molecule has 1 heterocycles. The monoisotopic (exact) mass is 508 g/mol. The van der Waals surface area contributed by atoms with E-state index in [2.05, 4.69) is 22.6 Å². The van der Waals surface area contributed by atoms with Crippen LogP contribution >= 0.6 is 22.6 Å². The number of hydrogen-bond acceptors (Lipinski definition) is 6. The van der Waals surface area contributed by atoms with Crippen molar-refractivity contribution in [2.75, 3.05) is 13.2 Å². The summed E-state index contributed by atoms with van der Waals surface area (Å²) in [5.41, 5.74) is 2.09. The molecule has 0 bridgehead atoms. The van der Waals surface area contributed by atoms with Crippen LogP contribution in [0.15, 0.2) is 40.8 Å². The molecule has 2 atom stereocenters. The van der Waals surface area contributed by atoms with Gasteiger partial charge in [0, 0.05) is 19.9 Å². The number of fused-ring (bicyclic) bond motifs is 4. The van der Waals surface area contributed by atoms with Crippen molar-refractivity contribution in [3.8, 4) is 5.75 Å². The molecule has 0 spiro atoms. The van der Waals surface area contributed by atoms with Crippen LogP contribution in [0.5, 0.6) is 5.75 Å². The number of hydrogen-bond donors (Lipinski definition) is 3.